The van der Waals surface area contributed by atoms with Gasteiger partial charge in [0.15, 0.2) is 12.6 Å². The number of carboxylic acids is 1. The fourth-order valence-corrected chi connectivity index (χ4v) is 4.51. The maximum atomic E-state index is 11.3. The predicted octanol–water partition coefficient (Wildman–Crippen LogP) is 6.06. The van der Waals surface area contributed by atoms with Gasteiger partial charge < -0.3 is 25.6 Å². The highest BCUT2D eigenvalue weighted by atomic mass is 35.5. The van der Waals surface area contributed by atoms with Crippen molar-refractivity contribution in [1.29, 1.82) is 0 Å². The number of allylic oxidation sites excluding steroid dienone is 5. The third-order valence-corrected chi connectivity index (χ3v) is 6.38. The number of nitrogens with two attached hydrogens (primary N) is 1. The molecular formula is C27H28ClN3O4. The summed E-state index contributed by atoms with van der Waals surface area (Å²) in [5.74, 6) is 0.400. The Morgan fingerprint density at radius 3 is 2.83 bits per heavy atom. The number of carboxylic acid groups (broad SMARTS) is 1. The Hall–Kier alpha value is -3.71. The Bertz CT molecular complexity index is 1290. The van der Waals surface area contributed by atoms with E-state index >= 15 is 0 Å². The minimum Gasteiger partial charge on any atom is -0.484 e. The molecule has 0 aromatic heterocycles. The second kappa shape index (κ2) is 10.3. The van der Waals surface area contributed by atoms with Crippen LogP contribution in [-0.2, 0) is 4.74 Å². The number of rotatable bonds is 6. The smallest absolute Gasteiger partial charge is 0.336 e. The van der Waals surface area contributed by atoms with Crippen LogP contribution in [0.3, 0.4) is 0 Å². The third-order valence-electron chi connectivity index (χ3n) is 6.07. The van der Waals surface area contributed by atoms with Gasteiger partial charge in [-0.15, -0.1) is 0 Å². The van der Waals surface area contributed by atoms with Crippen molar-refractivity contribution in [2.24, 2.45) is 10.9 Å². The van der Waals surface area contributed by atoms with E-state index in [2.05, 4.69) is 23.3 Å². The molecule has 2 aliphatic rings. The van der Waals surface area contributed by atoms with Crippen LogP contribution in [-0.4, -0.2) is 30.8 Å². The minimum atomic E-state index is -0.995. The van der Waals surface area contributed by atoms with E-state index in [0.29, 0.717) is 27.7 Å². The van der Waals surface area contributed by atoms with Gasteiger partial charge in [0.1, 0.15) is 5.75 Å². The van der Waals surface area contributed by atoms with Gasteiger partial charge in [0.25, 0.3) is 0 Å². The van der Waals surface area contributed by atoms with Crippen molar-refractivity contribution in [2.45, 2.75) is 26.7 Å². The highest BCUT2D eigenvalue weighted by Crippen LogP contribution is 2.37. The largest absolute Gasteiger partial charge is 0.484 e. The monoisotopic (exact) mass is 493 g/mol. The Labute approximate surface area is 209 Å². The molecule has 1 heterocycles. The van der Waals surface area contributed by atoms with Crippen LogP contribution in [0.1, 0.15) is 41.3 Å². The normalized spacial score (nSPS) is 17.2. The van der Waals surface area contributed by atoms with Gasteiger partial charge in [0, 0.05) is 23.6 Å². The van der Waals surface area contributed by atoms with Gasteiger partial charge in [-0.1, -0.05) is 42.3 Å². The molecule has 4 N–H and O–H groups in total. The van der Waals surface area contributed by atoms with Crippen LogP contribution >= 0.6 is 11.6 Å². The highest BCUT2D eigenvalue weighted by molar-refractivity contribution is 6.33. The number of hydrogen-bond acceptors (Lipinski definition) is 6. The van der Waals surface area contributed by atoms with Gasteiger partial charge in [-0.05, 0) is 54.8 Å². The quantitative estimate of drug-likeness (QED) is 0.333. The fraction of sp³-hybridized carbons (Fsp3) is 0.259. The number of fused-ring (bicyclic) bond motifs is 2. The van der Waals surface area contributed by atoms with Crippen LogP contribution < -0.4 is 15.8 Å². The maximum absolute atomic E-state index is 11.3. The maximum Gasteiger partial charge on any atom is 0.336 e. The van der Waals surface area contributed by atoms with E-state index in [4.69, 9.17) is 26.8 Å². The van der Waals surface area contributed by atoms with Crippen LogP contribution in [0.25, 0.3) is 5.57 Å². The number of hydrogen-bond donors (Lipinski definition) is 3. The van der Waals surface area contributed by atoms with Crippen molar-refractivity contribution < 1.29 is 19.4 Å². The van der Waals surface area contributed by atoms with E-state index in [1.165, 1.54) is 11.6 Å². The first-order valence-corrected chi connectivity index (χ1v) is 11.7. The number of aryl methyl sites for hydroxylation is 1. The Morgan fingerprint density at radius 2 is 2.09 bits per heavy atom. The van der Waals surface area contributed by atoms with Gasteiger partial charge in [-0.2, -0.15) is 0 Å². The predicted molar refractivity (Wildman–Crippen MR) is 140 cm³/mol. The molecule has 7 nitrogen and oxygen atoms in total. The van der Waals surface area contributed by atoms with Gasteiger partial charge in [0.2, 0.25) is 0 Å². The lowest BCUT2D eigenvalue weighted by atomic mass is 9.96. The van der Waals surface area contributed by atoms with Crippen molar-refractivity contribution in [3.05, 3.63) is 81.5 Å². The molecule has 0 amide bonds. The topological polar surface area (TPSA) is 106 Å². The molecule has 8 heteroatoms. The van der Waals surface area contributed by atoms with Gasteiger partial charge in [0.05, 0.1) is 29.1 Å². The summed E-state index contributed by atoms with van der Waals surface area (Å²) in [6, 6.07) is 8.55. The lowest BCUT2D eigenvalue weighted by Gasteiger charge is -2.15. The Kier molecular flexibility index (Phi) is 7.17. The summed E-state index contributed by atoms with van der Waals surface area (Å²) in [4.78, 5) is 16.0. The van der Waals surface area contributed by atoms with Crippen LogP contribution in [0.4, 0.5) is 11.4 Å². The molecule has 0 saturated heterocycles. The van der Waals surface area contributed by atoms with Gasteiger partial charge >= 0.3 is 5.97 Å². The molecule has 1 atom stereocenters. The number of methoxy groups -OCH3 is 1. The average Bonchev–Trinajstić information content (AvgIpc) is 3.11. The molecule has 2 bridgehead atoms. The van der Waals surface area contributed by atoms with E-state index in [1.807, 2.05) is 18.2 Å². The van der Waals surface area contributed by atoms with Crippen LogP contribution in [0.5, 0.6) is 5.75 Å². The van der Waals surface area contributed by atoms with Crippen molar-refractivity contribution in [3.8, 4) is 5.75 Å². The first-order chi connectivity index (χ1) is 16.7. The lowest BCUT2D eigenvalue weighted by Crippen LogP contribution is -2.12. The molecule has 0 saturated carbocycles. The average molecular weight is 494 g/mol. The van der Waals surface area contributed by atoms with Crippen LogP contribution in [0.15, 0.2) is 64.8 Å². The highest BCUT2D eigenvalue weighted by Gasteiger charge is 2.21. The van der Waals surface area contributed by atoms with E-state index < -0.39 is 5.97 Å². The molecule has 0 spiro atoms. The molecule has 2 aromatic rings. The van der Waals surface area contributed by atoms with Crippen LogP contribution in [0.2, 0.25) is 5.02 Å². The number of aromatic carboxylic acids is 1. The molecule has 4 rings (SSSR count). The molecule has 35 heavy (non-hydrogen) atoms. The lowest BCUT2D eigenvalue weighted by molar-refractivity contribution is 0.0695. The third kappa shape index (κ3) is 5.52. The number of carbonyl (C=O) groups is 1. The number of nitrogen functional groups attached to an aromatic ring is 1. The van der Waals surface area contributed by atoms with Crippen molar-refractivity contribution in [2.75, 3.05) is 24.9 Å². The summed E-state index contributed by atoms with van der Waals surface area (Å²) in [7, 11) is 1.66. The molecule has 1 unspecified atom stereocenters. The summed E-state index contributed by atoms with van der Waals surface area (Å²) in [5, 5.41) is 12.9. The van der Waals surface area contributed by atoms with Crippen molar-refractivity contribution in [1.82, 2.24) is 0 Å². The molecule has 1 aliphatic heterocycles. The van der Waals surface area contributed by atoms with Crippen LogP contribution in [0, 0.1) is 12.8 Å². The zero-order valence-corrected chi connectivity index (χ0v) is 20.6. The summed E-state index contributed by atoms with van der Waals surface area (Å²) in [5.41, 5.74) is 12.4. The number of benzene rings is 2. The number of ether oxygens (including phenoxy) is 2. The van der Waals surface area contributed by atoms with Gasteiger partial charge in [-0.3, -0.25) is 0 Å². The fourth-order valence-electron chi connectivity index (χ4n) is 4.23. The summed E-state index contributed by atoms with van der Waals surface area (Å²) in [6.45, 7) is 3.94. The SMILES string of the molecule is COC1=NC2=CC=C(c3cc(N)c(NCOc4ccc(C)c(C(=O)O)c4)cc3Cl)C=C(C2)CC1C. The Balaban J connectivity index is 1.52. The summed E-state index contributed by atoms with van der Waals surface area (Å²) in [6.07, 6.45) is 7.78. The number of halogens is 1. The standard InChI is InChI=1S/C27H28ClN3O4/c1-15-4-7-20(11-21(15)27(32)33)35-14-30-25-13-23(28)22(12-24(25)29)18-5-6-19-10-17(9-18)8-16(2)26(31-19)34-3/h4-7,9,11-13,16,30H,8,10,14,29H2,1-3H3,(H,32,33). The Morgan fingerprint density at radius 1 is 1.29 bits per heavy atom. The molecular weight excluding hydrogens is 466 g/mol. The number of anilines is 2. The first-order valence-electron chi connectivity index (χ1n) is 11.3. The minimum absolute atomic E-state index is 0.0958. The molecule has 1 aliphatic carbocycles. The summed E-state index contributed by atoms with van der Waals surface area (Å²) >= 11 is 6.67. The number of nitrogens with zero attached hydrogens (tertiary/aromatic N) is 1. The second-order valence-corrected chi connectivity index (χ2v) is 9.09. The number of aliphatic imine (C=N–C) groups is 1. The van der Waals surface area contributed by atoms with Crippen molar-refractivity contribution >= 4 is 40.4 Å². The van der Waals surface area contributed by atoms with E-state index in [0.717, 1.165) is 35.6 Å². The summed E-state index contributed by atoms with van der Waals surface area (Å²) < 4.78 is 11.1. The first kappa shape index (κ1) is 24.4. The van der Waals surface area contributed by atoms with Crippen molar-refractivity contribution in [3.63, 3.8) is 0 Å². The molecule has 182 valence electrons. The number of nitrogens with one attached hydrogen (secondary N) is 1. The van der Waals surface area contributed by atoms with E-state index in [-0.39, 0.29) is 18.2 Å². The van der Waals surface area contributed by atoms with E-state index in [1.54, 1.807) is 32.2 Å². The molecule has 2 aromatic carbocycles. The molecule has 0 radical (unpaired) electrons. The molecule has 0 fully saturated rings. The zero-order chi connectivity index (χ0) is 25.1. The van der Waals surface area contributed by atoms with Gasteiger partial charge in [-0.25, -0.2) is 9.79 Å². The second-order valence-electron chi connectivity index (χ2n) is 8.69. The van der Waals surface area contributed by atoms with E-state index in [9.17, 15) is 9.90 Å². The zero-order valence-electron chi connectivity index (χ0n) is 19.9.